The van der Waals surface area contributed by atoms with Gasteiger partial charge in [0.15, 0.2) is 5.82 Å². The van der Waals surface area contributed by atoms with Gasteiger partial charge in [-0.25, -0.2) is 0 Å². The fourth-order valence-electron chi connectivity index (χ4n) is 3.70. The van der Waals surface area contributed by atoms with Crippen LogP contribution in [0.3, 0.4) is 0 Å². The predicted octanol–water partition coefficient (Wildman–Crippen LogP) is 4.57. The van der Waals surface area contributed by atoms with Crippen molar-refractivity contribution in [1.29, 1.82) is 0 Å². The average molecular weight is 363 g/mol. The van der Waals surface area contributed by atoms with E-state index in [1.165, 1.54) is 37.7 Å². The first-order chi connectivity index (χ1) is 13.3. The van der Waals surface area contributed by atoms with E-state index in [1.807, 2.05) is 37.6 Å². The SMILES string of the molecule is Cc1noc(-c2cnc(CC3CCCCC3)c(NCc3ccncc3)c2)n1. The number of hydrogen-bond donors (Lipinski definition) is 1. The molecule has 0 spiro atoms. The molecule has 1 fully saturated rings. The smallest absolute Gasteiger partial charge is 0.259 e. The maximum absolute atomic E-state index is 5.32. The van der Waals surface area contributed by atoms with Crippen LogP contribution in [-0.4, -0.2) is 20.1 Å². The minimum Gasteiger partial charge on any atom is -0.379 e. The summed E-state index contributed by atoms with van der Waals surface area (Å²) in [5, 5.41) is 7.45. The van der Waals surface area contributed by atoms with Gasteiger partial charge >= 0.3 is 0 Å². The van der Waals surface area contributed by atoms with Gasteiger partial charge in [0.05, 0.1) is 16.9 Å². The highest BCUT2D eigenvalue weighted by atomic mass is 16.5. The fraction of sp³-hybridized carbons (Fsp3) is 0.429. The van der Waals surface area contributed by atoms with Crippen molar-refractivity contribution in [2.45, 2.75) is 52.0 Å². The van der Waals surface area contributed by atoms with Crippen LogP contribution >= 0.6 is 0 Å². The Hall–Kier alpha value is -2.76. The summed E-state index contributed by atoms with van der Waals surface area (Å²) in [5.41, 5.74) is 4.20. The van der Waals surface area contributed by atoms with Gasteiger partial charge in [0, 0.05) is 25.1 Å². The summed E-state index contributed by atoms with van der Waals surface area (Å²) in [4.78, 5) is 13.2. The lowest BCUT2D eigenvalue weighted by atomic mass is 9.85. The van der Waals surface area contributed by atoms with Gasteiger partial charge in [0.25, 0.3) is 5.89 Å². The molecule has 0 aromatic carbocycles. The molecule has 0 bridgehead atoms. The Kier molecular flexibility index (Phi) is 5.42. The first-order valence-corrected chi connectivity index (χ1v) is 9.70. The van der Waals surface area contributed by atoms with Crippen molar-refractivity contribution in [2.75, 3.05) is 5.32 Å². The molecule has 0 aliphatic heterocycles. The number of nitrogens with zero attached hydrogens (tertiary/aromatic N) is 4. The van der Waals surface area contributed by atoms with Crippen LogP contribution in [0.1, 0.15) is 49.2 Å². The van der Waals surface area contributed by atoms with Gasteiger partial charge in [-0.2, -0.15) is 4.98 Å². The molecular weight excluding hydrogens is 338 g/mol. The maximum atomic E-state index is 5.32. The minimum absolute atomic E-state index is 0.510. The van der Waals surface area contributed by atoms with Crippen LogP contribution in [0.5, 0.6) is 0 Å². The normalized spacial score (nSPS) is 15.0. The Balaban J connectivity index is 1.58. The molecule has 1 N–H and O–H groups in total. The number of rotatable bonds is 6. The number of nitrogens with one attached hydrogen (secondary N) is 1. The van der Waals surface area contributed by atoms with Gasteiger partial charge in [-0.1, -0.05) is 37.3 Å². The zero-order valence-electron chi connectivity index (χ0n) is 15.7. The second-order valence-electron chi connectivity index (χ2n) is 7.28. The molecule has 6 nitrogen and oxygen atoms in total. The standard InChI is InChI=1S/C21H25N5O/c1-15-25-21(27-26-15)18-12-20(23-13-17-7-9-22-10-8-17)19(24-14-18)11-16-5-3-2-4-6-16/h7-10,12,14,16,23H,2-6,11,13H2,1H3. The summed E-state index contributed by atoms with van der Waals surface area (Å²) in [6.07, 6.45) is 13.1. The van der Waals surface area contributed by atoms with E-state index in [2.05, 4.69) is 26.5 Å². The molecule has 3 aromatic heterocycles. The van der Waals surface area contributed by atoms with E-state index in [0.717, 1.165) is 35.8 Å². The molecule has 0 saturated heterocycles. The second kappa shape index (κ2) is 8.29. The summed E-state index contributed by atoms with van der Waals surface area (Å²) in [6.45, 7) is 2.55. The summed E-state index contributed by atoms with van der Waals surface area (Å²) in [7, 11) is 0. The third-order valence-corrected chi connectivity index (χ3v) is 5.18. The van der Waals surface area contributed by atoms with Crippen LogP contribution in [0, 0.1) is 12.8 Å². The van der Waals surface area contributed by atoms with Crippen molar-refractivity contribution in [3.8, 4) is 11.5 Å². The Morgan fingerprint density at radius 1 is 1.15 bits per heavy atom. The Bertz CT molecular complexity index is 871. The molecule has 4 rings (SSSR count). The molecule has 1 aliphatic carbocycles. The van der Waals surface area contributed by atoms with Crippen molar-refractivity contribution >= 4 is 5.69 Å². The first kappa shape index (κ1) is 17.6. The minimum atomic E-state index is 0.510. The van der Waals surface area contributed by atoms with Gasteiger partial charge in [-0.15, -0.1) is 0 Å². The lowest BCUT2D eigenvalue weighted by Crippen LogP contribution is -2.12. The molecule has 3 aromatic rings. The van der Waals surface area contributed by atoms with Crippen molar-refractivity contribution in [1.82, 2.24) is 20.1 Å². The molecule has 140 valence electrons. The van der Waals surface area contributed by atoms with Gasteiger partial charge in [0.2, 0.25) is 0 Å². The Morgan fingerprint density at radius 3 is 2.70 bits per heavy atom. The lowest BCUT2D eigenvalue weighted by molar-refractivity contribution is 0.354. The Labute approximate surface area is 159 Å². The van der Waals surface area contributed by atoms with E-state index in [9.17, 15) is 0 Å². The van der Waals surface area contributed by atoms with Crippen molar-refractivity contribution in [2.24, 2.45) is 5.92 Å². The molecule has 0 radical (unpaired) electrons. The third-order valence-electron chi connectivity index (χ3n) is 5.18. The molecule has 1 saturated carbocycles. The third kappa shape index (κ3) is 4.51. The summed E-state index contributed by atoms with van der Waals surface area (Å²) < 4.78 is 5.32. The van der Waals surface area contributed by atoms with Crippen molar-refractivity contribution in [3.05, 3.63) is 53.9 Å². The molecule has 6 heteroatoms. The van der Waals surface area contributed by atoms with E-state index in [1.54, 1.807) is 0 Å². The average Bonchev–Trinajstić information content (AvgIpc) is 3.15. The van der Waals surface area contributed by atoms with Crippen LogP contribution < -0.4 is 5.32 Å². The second-order valence-corrected chi connectivity index (χ2v) is 7.28. The van der Waals surface area contributed by atoms with E-state index in [-0.39, 0.29) is 0 Å². The van der Waals surface area contributed by atoms with E-state index >= 15 is 0 Å². The number of aryl methyl sites for hydroxylation is 1. The van der Waals surface area contributed by atoms with Gasteiger partial charge < -0.3 is 9.84 Å². The topological polar surface area (TPSA) is 76.7 Å². The highest BCUT2D eigenvalue weighted by molar-refractivity contribution is 5.62. The largest absolute Gasteiger partial charge is 0.379 e. The number of pyridine rings is 2. The van der Waals surface area contributed by atoms with Crippen molar-refractivity contribution < 1.29 is 4.52 Å². The van der Waals surface area contributed by atoms with E-state index in [4.69, 9.17) is 9.51 Å². The number of hydrogen-bond acceptors (Lipinski definition) is 6. The quantitative estimate of drug-likeness (QED) is 0.691. The lowest BCUT2D eigenvalue weighted by Gasteiger charge is -2.22. The molecule has 0 unspecified atom stereocenters. The van der Waals surface area contributed by atoms with Crippen LogP contribution in [-0.2, 0) is 13.0 Å². The van der Waals surface area contributed by atoms with Crippen LogP contribution in [0.4, 0.5) is 5.69 Å². The maximum Gasteiger partial charge on any atom is 0.259 e. The number of anilines is 1. The predicted molar refractivity (Wildman–Crippen MR) is 104 cm³/mol. The number of aromatic nitrogens is 4. The van der Waals surface area contributed by atoms with Crippen LogP contribution in [0.2, 0.25) is 0 Å². The highest BCUT2D eigenvalue weighted by Crippen LogP contribution is 2.30. The van der Waals surface area contributed by atoms with Gasteiger partial charge in [-0.3, -0.25) is 9.97 Å². The zero-order chi connectivity index (χ0) is 18.5. The van der Waals surface area contributed by atoms with Crippen molar-refractivity contribution in [3.63, 3.8) is 0 Å². The summed E-state index contributed by atoms with van der Waals surface area (Å²) in [5.74, 6) is 1.86. The molecule has 27 heavy (non-hydrogen) atoms. The first-order valence-electron chi connectivity index (χ1n) is 9.70. The van der Waals surface area contributed by atoms with Gasteiger partial charge in [-0.05, 0) is 43.0 Å². The molecule has 0 amide bonds. The monoisotopic (exact) mass is 363 g/mol. The Morgan fingerprint density at radius 2 is 1.96 bits per heavy atom. The molecule has 1 aliphatic rings. The van der Waals surface area contributed by atoms with Crippen LogP contribution in [0.15, 0.2) is 41.3 Å². The molecule has 3 heterocycles. The highest BCUT2D eigenvalue weighted by Gasteiger charge is 2.18. The van der Waals surface area contributed by atoms with E-state index in [0.29, 0.717) is 11.7 Å². The summed E-state index contributed by atoms with van der Waals surface area (Å²) in [6, 6.07) is 6.12. The molecular formula is C21H25N5O. The van der Waals surface area contributed by atoms with E-state index < -0.39 is 0 Å². The van der Waals surface area contributed by atoms with Crippen LogP contribution in [0.25, 0.3) is 11.5 Å². The molecule has 0 atom stereocenters. The summed E-state index contributed by atoms with van der Waals surface area (Å²) >= 11 is 0. The van der Waals surface area contributed by atoms with Gasteiger partial charge in [0.1, 0.15) is 0 Å². The fourth-order valence-corrected chi connectivity index (χ4v) is 3.70. The zero-order valence-corrected chi connectivity index (χ0v) is 15.7.